The number of fused-ring (bicyclic) bond motifs is 2. The first-order chi connectivity index (χ1) is 8.29. The van der Waals surface area contributed by atoms with Crippen LogP contribution in [0.2, 0.25) is 0 Å². The molecule has 0 aliphatic rings. The third-order valence-electron chi connectivity index (χ3n) is 2.79. The van der Waals surface area contributed by atoms with Gasteiger partial charge in [-0.2, -0.15) is 0 Å². The summed E-state index contributed by atoms with van der Waals surface area (Å²) in [7, 11) is 1.58. The van der Waals surface area contributed by atoms with E-state index in [1.807, 2.05) is 12.1 Å². The highest BCUT2D eigenvalue weighted by Crippen LogP contribution is 2.22. The van der Waals surface area contributed by atoms with Crippen LogP contribution in [0.4, 0.5) is 0 Å². The number of benzene rings is 2. The summed E-state index contributed by atoms with van der Waals surface area (Å²) < 4.78 is 10.8. The van der Waals surface area contributed by atoms with Gasteiger partial charge in [0.2, 0.25) is 5.43 Å². The molecule has 0 N–H and O–H groups in total. The summed E-state index contributed by atoms with van der Waals surface area (Å²) in [5.74, 6) is 0.677. The van der Waals surface area contributed by atoms with Crippen LogP contribution >= 0.6 is 0 Å². The van der Waals surface area contributed by atoms with E-state index in [0.29, 0.717) is 27.7 Å². The topological polar surface area (TPSA) is 39.4 Å². The minimum absolute atomic E-state index is 0.00972. The lowest BCUT2D eigenvalue weighted by molar-refractivity contribution is 0.414. The van der Waals surface area contributed by atoms with Gasteiger partial charge in [0.15, 0.2) is 0 Å². The second kappa shape index (κ2) is 3.63. The Morgan fingerprint density at radius 2 is 1.76 bits per heavy atom. The van der Waals surface area contributed by atoms with Crippen LogP contribution in [0.5, 0.6) is 5.75 Å². The lowest BCUT2D eigenvalue weighted by Gasteiger charge is -2.03. The molecule has 0 spiro atoms. The van der Waals surface area contributed by atoms with Crippen molar-refractivity contribution in [1.29, 1.82) is 0 Å². The largest absolute Gasteiger partial charge is 0.497 e. The van der Waals surface area contributed by atoms with Crippen LogP contribution in [0.25, 0.3) is 21.9 Å². The molecule has 3 heteroatoms. The molecule has 0 saturated carbocycles. The zero-order valence-electron chi connectivity index (χ0n) is 9.27. The Bertz CT molecular complexity index is 756. The Balaban J connectivity index is 2.50. The van der Waals surface area contributed by atoms with Crippen molar-refractivity contribution in [3.8, 4) is 5.75 Å². The molecule has 0 fully saturated rings. The molecule has 3 aromatic rings. The van der Waals surface area contributed by atoms with E-state index in [4.69, 9.17) is 9.15 Å². The molecule has 3 nitrogen and oxygen atoms in total. The normalized spacial score (nSPS) is 10.9. The number of methoxy groups -OCH3 is 1. The molecule has 0 aliphatic carbocycles. The van der Waals surface area contributed by atoms with E-state index in [0.717, 1.165) is 0 Å². The molecule has 0 saturated heterocycles. The van der Waals surface area contributed by atoms with Crippen LogP contribution < -0.4 is 10.2 Å². The highest BCUT2D eigenvalue weighted by Gasteiger charge is 2.07. The fourth-order valence-electron chi connectivity index (χ4n) is 1.91. The Hall–Kier alpha value is -2.29. The van der Waals surface area contributed by atoms with Gasteiger partial charge < -0.3 is 9.15 Å². The molecule has 84 valence electrons. The van der Waals surface area contributed by atoms with Gasteiger partial charge in [-0.25, -0.2) is 0 Å². The van der Waals surface area contributed by atoms with Gasteiger partial charge in [-0.05, 0) is 24.3 Å². The van der Waals surface area contributed by atoms with Crippen LogP contribution in [0, 0.1) is 0 Å². The average molecular weight is 226 g/mol. The molecule has 0 radical (unpaired) electrons. The van der Waals surface area contributed by atoms with E-state index in [-0.39, 0.29) is 5.43 Å². The van der Waals surface area contributed by atoms with Crippen molar-refractivity contribution >= 4 is 21.9 Å². The maximum Gasteiger partial charge on any atom is 0.200 e. The molecule has 0 bridgehead atoms. The zero-order chi connectivity index (χ0) is 11.8. The molecular formula is C14H10O3. The van der Waals surface area contributed by atoms with Crippen LogP contribution in [0.1, 0.15) is 0 Å². The van der Waals surface area contributed by atoms with E-state index in [1.165, 1.54) is 0 Å². The Kier molecular flexibility index (Phi) is 2.11. The lowest BCUT2D eigenvalue weighted by atomic mass is 10.1. The zero-order valence-corrected chi connectivity index (χ0v) is 9.27. The average Bonchev–Trinajstić information content (AvgIpc) is 2.38. The van der Waals surface area contributed by atoms with Gasteiger partial charge >= 0.3 is 0 Å². The number of rotatable bonds is 1. The van der Waals surface area contributed by atoms with Gasteiger partial charge in [-0.15, -0.1) is 0 Å². The van der Waals surface area contributed by atoms with Crippen LogP contribution in [0.15, 0.2) is 51.7 Å². The van der Waals surface area contributed by atoms with Gasteiger partial charge in [0.1, 0.15) is 16.9 Å². The van der Waals surface area contributed by atoms with Crippen LogP contribution in [0.3, 0.4) is 0 Å². The van der Waals surface area contributed by atoms with Crippen LogP contribution in [-0.4, -0.2) is 7.11 Å². The first kappa shape index (κ1) is 9.90. The van der Waals surface area contributed by atoms with Crippen molar-refractivity contribution in [3.63, 3.8) is 0 Å². The first-order valence-electron chi connectivity index (χ1n) is 5.29. The summed E-state index contributed by atoms with van der Waals surface area (Å²) in [5, 5.41) is 1.18. The van der Waals surface area contributed by atoms with Gasteiger partial charge in [0.05, 0.1) is 17.9 Å². The summed E-state index contributed by atoms with van der Waals surface area (Å²) >= 11 is 0. The minimum Gasteiger partial charge on any atom is -0.497 e. The van der Waals surface area contributed by atoms with E-state index >= 15 is 0 Å². The monoisotopic (exact) mass is 226 g/mol. The Morgan fingerprint density at radius 3 is 2.59 bits per heavy atom. The smallest absolute Gasteiger partial charge is 0.200 e. The van der Waals surface area contributed by atoms with Gasteiger partial charge in [0, 0.05) is 6.07 Å². The van der Waals surface area contributed by atoms with Gasteiger partial charge in [-0.1, -0.05) is 12.1 Å². The molecule has 0 atom stereocenters. The summed E-state index contributed by atoms with van der Waals surface area (Å²) in [6, 6.07) is 12.4. The number of hydrogen-bond donors (Lipinski definition) is 0. The summed E-state index contributed by atoms with van der Waals surface area (Å²) in [6.07, 6.45) is 0. The maximum absolute atomic E-state index is 12.2. The molecule has 2 aromatic carbocycles. The minimum atomic E-state index is -0.00972. The fourth-order valence-corrected chi connectivity index (χ4v) is 1.91. The predicted octanol–water partition coefficient (Wildman–Crippen LogP) is 2.95. The van der Waals surface area contributed by atoms with Crippen molar-refractivity contribution in [2.24, 2.45) is 0 Å². The molecule has 0 unspecified atom stereocenters. The van der Waals surface area contributed by atoms with Crippen molar-refractivity contribution in [3.05, 3.63) is 52.7 Å². The van der Waals surface area contributed by atoms with Gasteiger partial charge in [0.25, 0.3) is 0 Å². The van der Waals surface area contributed by atoms with E-state index in [1.54, 1.807) is 37.4 Å². The molecule has 1 heterocycles. The second-order valence-electron chi connectivity index (χ2n) is 3.79. The quantitative estimate of drug-likeness (QED) is 0.599. The maximum atomic E-state index is 12.2. The fraction of sp³-hybridized carbons (Fsp3) is 0.0714. The summed E-state index contributed by atoms with van der Waals surface area (Å²) in [6.45, 7) is 0. The summed E-state index contributed by atoms with van der Waals surface area (Å²) in [4.78, 5) is 12.2. The van der Waals surface area contributed by atoms with Crippen molar-refractivity contribution in [1.82, 2.24) is 0 Å². The first-order valence-corrected chi connectivity index (χ1v) is 5.29. The molecular weight excluding hydrogens is 216 g/mol. The number of ether oxygens (including phenoxy) is 1. The standard InChI is InChI=1S/C14H10O3/c1-16-9-6-7-11-13(8-9)17-12-5-3-2-4-10(12)14(11)15/h2-8H,1H3. The van der Waals surface area contributed by atoms with Crippen molar-refractivity contribution in [2.45, 2.75) is 0 Å². The van der Waals surface area contributed by atoms with Crippen LogP contribution in [-0.2, 0) is 0 Å². The predicted molar refractivity (Wildman–Crippen MR) is 66.5 cm³/mol. The highest BCUT2D eigenvalue weighted by molar-refractivity contribution is 5.90. The van der Waals surface area contributed by atoms with E-state index in [9.17, 15) is 4.79 Å². The number of para-hydroxylation sites is 1. The SMILES string of the molecule is COc1ccc2c(=O)c3ccccc3oc2c1. The highest BCUT2D eigenvalue weighted by atomic mass is 16.5. The number of hydrogen-bond acceptors (Lipinski definition) is 3. The summed E-state index contributed by atoms with van der Waals surface area (Å²) in [5.41, 5.74) is 1.14. The Morgan fingerprint density at radius 1 is 1.00 bits per heavy atom. The molecule has 0 amide bonds. The second-order valence-corrected chi connectivity index (χ2v) is 3.79. The van der Waals surface area contributed by atoms with E-state index in [2.05, 4.69) is 0 Å². The van der Waals surface area contributed by atoms with Crippen molar-refractivity contribution < 1.29 is 9.15 Å². The molecule has 1 aromatic heterocycles. The van der Waals surface area contributed by atoms with E-state index < -0.39 is 0 Å². The molecule has 3 rings (SSSR count). The third kappa shape index (κ3) is 1.47. The molecule has 0 aliphatic heterocycles. The Labute approximate surface area is 97.2 Å². The molecule has 17 heavy (non-hydrogen) atoms. The van der Waals surface area contributed by atoms with Gasteiger partial charge in [-0.3, -0.25) is 4.79 Å². The third-order valence-corrected chi connectivity index (χ3v) is 2.79. The van der Waals surface area contributed by atoms with Crippen molar-refractivity contribution in [2.75, 3.05) is 7.11 Å². The lowest BCUT2D eigenvalue weighted by Crippen LogP contribution is -2.01.